The number of aliphatic carboxylic acids is 1. The summed E-state index contributed by atoms with van der Waals surface area (Å²) in [5.41, 5.74) is 1.11. The Morgan fingerprint density at radius 3 is 2.04 bits per heavy atom. The molecule has 0 bridgehead atoms. The molecule has 1 aliphatic carbocycles. The van der Waals surface area contributed by atoms with Gasteiger partial charge in [-0.2, -0.15) is 0 Å². The molecule has 126 valence electrons. The highest BCUT2D eigenvalue weighted by Gasteiger charge is 2.30. The first kappa shape index (κ1) is 16.9. The fourth-order valence-corrected chi connectivity index (χ4v) is 2.86. The van der Waals surface area contributed by atoms with Crippen LogP contribution in [0.15, 0.2) is 36.4 Å². The van der Waals surface area contributed by atoms with E-state index in [0.717, 1.165) is 0 Å². The average molecular weight is 358 g/mol. The zero-order chi connectivity index (χ0) is 18.1. The van der Waals surface area contributed by atoms with Gasteiger partial charge in [0.15, 0.2) is 11.6 Å². The van der Waals surface area contributed by atoms with Crippen LogP contribution in [0.4, 0.5) is 5.69 Å². The second kappa shape index (κ2) is 6.49. The largest absolute Gasteiger partial charge is 0.481 e. The van der Waals surface area contributed by atoms with Crippen LogP contribution in [0.25, 0.3) is 0 Å². The van der Waals surface area contributed by atoms with Crippen molar-refractivity contribution in [2.24, 2.45) is 0 Å². The molecule has 0 radical (unpaired) electrons. The number of carboxylic acids is 1. The number of nitrogens with one attached hydrogen (secondary N) is 1. The summed E-state index contributed by atoms with van der Waals surface area (Å²) in [5, 5.41) is 11.2. The van der Waals surface area contributed by atoms with Crippen molar-refractivity contribution in [1.29, 1.82) is 0 Å². The third kappa shape index (κ3) is 3.16. The summed E-state index contributed by atoms with van der Waals surface area (Å²) >= 11 is 6.11. The summed E-state index contributed by atoms with van der Waals surface area (Å²) in [5.74, 6) is -2.28. The Morgan fingerprint density at radius 2 is 1.48 bits per heavy atom. The van der Waals surface area contributed by atoms with Crippen LogP contribution in [0.2, 0.25) is 5.02 Å². The molecule has 1 aliphatic rings. The minimum atomic E-state index is -1.09. The van der Waals surface area contributed by atoms with Gasteiger partial charge in [0.05, 0.1) is 17.1 Å². The highest BCUT2D eigenvalue weighted by atomic mass is 35.5. The van der Waals surface area contributed by atoms with Crippen molar-refractivity contribution < 1.29 is 24.3 Å². The molecule has 0 atom stereocenters. The lowest BCUT2D eigenvalue weighted by molar-refractivity contribution is -0.138. The molecule has 1 amide bonds. The molecule has 2 aromatic rings. The van der Waals surface area contributed by atoms with Crippen LogP contribution in [-0.2, 0) is 9.59 Å². The second-order valence-corrected chi connectivity index (χ2v) is 5.93. The molecule has 0 aromatic heterocycles. The van der Waals surface area contributed by atoms with Crippen LogP contribution >= 0.6 is 11.6 Å². The maximum absolute atomic E-state index is 12.6. The van der Waals surface area contributed by atoms with Crippen molar-refractivity contribution in [3.63, 3.8) is 0 Å². The molecular formula is C18H12ClNO5. The molecule has 3 rings (SSSR count). The number of amides is 1. The highest BCUT2D eigenvalue weighted by molar-refractivity contribution is 6.36. The van der Waals surface area contributed by atoms with E-state index in [2.05, 4.69) is 5.32 Å². The third-order valence-electron chi connectivity index (χ3n) is 3.85. The van der Waals surface area contributed by atoms with Crippen molar-refractivity contribution in [2.45, 2.75) is 12.8 Å². The number of halogens is 1. The summed E-state index contributed by atoms with van der Waals surface area (Å²) in [6.45, 7) is 0. The Bertz CT molecular complexity index is 935. The molecule has 0 fully saturated rings. The maximum atomic E-state index is 12.6. The van der Waals surface area contributed by atoms with E-state index in [9.17, 15) is 19.2 Å². The minimum Gasteiger partial charge on any atom is -0.481 e. The van der Waals surface area contributed by atoms with E-state index in [-0.39, 0.29) is 46.2 Å². The Labute approximate surface area is 147 Å². The number of benzene rings is 2. The number of hydrogen-bond donors (Lipinski definition) is 2. The van der Waals surface area contributed by atoms with Gasteiger partial charge in [-0.25, -0.2) is 0 Å². The standard InChI is InChI=1S/C18H12ClNO5/c19-13-7-11-12(8-14(13)20-15(21)5-6-16(22)23)18(25)10-4-2-1-3-9(10)17(11)24/h1-4,7-8H,5-6H2,(H,20,21)(H,22,23). The van der Waals surface area contributed by atoms with Gasteiger partial charge in [-0.15, -0.1) is 0 Å². The van der Waals surface area contributed by atoms with Crippen molar-refractivity contribution in [3.8, 4) is 0 Å². The van der Waals surface area contributed by atoms with E-state index in [1.807, 2.05) is 0 Å². The lowest BCUT2D eigenvalue weighted by atomic mass is 9.84. The first-order valence-electron chi connectivity index (χ1n) is 7.42. The average Bonchev–Trinajstić information content (AvgIpc) is 2.59. The number of anilines is 1. The summed E-state index contributed by atoms with van der Waals surface area (Å²) < 4.78 is 0. The van der Waals surface area contributed by atoms with E-state index in [0.29, 0.717) is 11.1 Å². The van der Waals surface area contributed by atoms with Crippen LogP contribution in [0, 0.1) is 0 Å². The molecule has 25 heavy (non-hydrogen) atoms. The number of carboxylic acid groups (broad SMARTS) is 1. The summed E-state index contributed by atoms with van der Waals surface area (Å²) in [7, 11) is 0. The molecule has 2 aromatic carbocycles. The Kier molecular flexibility index (Phi) is 4.37. The molecule has 0 spiro atoms. The SMILES string of the molecule is O=C(O)CCC(=O)Nc1cc2c(cc1Cl)C(=O)c1ccccc1C2=O. The summed E-state index contributed by atoms with van der Waals surface area (Å²) in [4.78, 5) is 47.5. The number of carbonyl (C=O) groups excluding carboxylic acids is 3. The first-order valence-corrected chi connectivity index (χ1v) is 7.80. The Hall–Kier alpha value is -2.99. The van der Waals surface area contributed by atoms with E-state index in [4.69, 9.17) is 16.7 Å². The Balaban J connectivity index is 1.96. The van der Waals surface area contributed by atoms with Gasteiger partial charge < -0.3 is 10.4 Å². The molecule has 2 N–H and O–H groups in total. The normalized spacial score (nSPS) is 12.4. The molecule has 6 nitrogen and oxygen atoms in total. The van der Waals surface area contributed by atoms with Gasteiger partial charge in [0.2, 0.25) is 5.91 Å². The fourth-order valence-electron chi connectivity index (χ4n) is 2.65. The van der Waals surface area contributed by atoms with Gasteiger partial charge in [0, 0.05) is 28.7 Å². The first-order chi connectivity index (χ1) is 11.9. The number of fused-ring (bicyclic) bond motifs is 2. The summed E-state index contributed by atoms with van der Waals surface area (Å²) in [6, 6.07) is 9.19. The van der Waals surface area contributed by atoms with Crippen LogP contribution in [0.3, 0.4) is 0 Å². The minimum absolute atomic E-state index is 0.1000. The molecule has 0 saturated heterocycles. The zero-order valence-corrected chi connectivity index (χ0v) is 13.6. The molecule has 7 heteroatoms. The lowest BCUT2D eigenvalue weighted by Gasteiger charge is -2.19. The van der Waals surface area contributed by atoms with E-state index >= 15 is 0 Å². The second-order valence-electron chi connectivity index (χ2n) is 5.52. The summed E-state index contributed by atoms with van der Waals surface area (Å²) in [6.07, 6.45) is -0.544. The predicted molar refractivity (Wildman–Crippen MR) is 90.3 cm³/mol. The van der Waals surface area contributed by atoms with Crippen molar-refractivity contribution in [3.05, 3.63) is 63.7 Å². The van der Waals surface area contributed by atoms with Crippen LogP contribution in [0.5, 0.6) is 0 Å². The smallest absolute Gasteiger partial charge is 0.303 e. The third-order valence-corrected chi connectivity index (χ3v) is 4.17. The Morgan fingerprint density at radius 1 is 0.920 bits per heavy atom. The van der Waals surface area contributed by atoms with Gasteiger partial charge in [-0.1, -0.05) is 35.9 Å². The van der Waals surface area contributed by atoms with Gasteiger partial charge in [-0.05, 0) is 12.1 Å². The van der Waals surface area contributed by atoms with Gasteiger partial charge in [0.1, 0.15) is 0 Å². The molecule has 0 heterocycles. The maximum Gasteiger partial charge on any atom is 0.303 e. The quantitative estimate of drug-likeness (QED) is 0.747. The van der Waals surface area contributed by atoms with E-state index in [1.54, 1.807) is 24.3 Å². The highest BCUT2D eigenvalue weighted by Crippen LogP contribution is 2.33. The van der Waals surface area contributed by atoms with Crippen molar-refractivity contribution in [1.82, 2.24) is 0 Å². The van der Waals surface area contributed by atoms with E-state index in [1.165, 1.54) is 12.1 Å². The molecule has 0 unspecified atom stereocenters. The monoisotopic (exact) mass is 357 g/mol. The van der Waals surface area contributed by atoms with Crippen molar-refractivity contribution >= 4 is 40.7 Å². The van der Waals surface area contributed by atoms with Crippen LogP contribution in [-0.4, -0.2) is 28.5 Å². The van der Waals surface area contributed by atoms with Gasteiger partial charge >= 0.3 is 5.97 Å². The number of rotatable bonds is 4. The zero-order valence-electron chi connectivity index (χ0n) is 12.8. The lowest BCUT2D eigenvalue weighted by Crippen LogP contribution is -2.22. The topological polar surface area (TPSA) is 101 Å². The predicted octanol–water partition coefficient (Wildman–Crippen LogP) is 2.92. The van der Waals surface area contributed by atoms with Gasteiger partial charge in [-0.3, -0.25) is 19.2 Å². The molecule has 0 aliphatic heterocycles. The van der Waals surface area contributed by atoms with Gasteiger partial charge in [0.25, 0.3) is 0 Å². The molecular weight excluding hydrogens is 346 g/mol. The number of ketones is 2. The molecule has 0 saturated carbocycles. The van der Waals surface area contributed by atoms with Crippen LogP contribution < -0.4 is 5.32 Å². The van der Waals surface area contributed by atoms with Crippen molar-refractivity contribution in [2.75, 3.05) is 5.32 Å². The number of carbonyl (C=O) groups is 4. The van der Waals surface area contributed by atoms with E-state index < -0.39 is 11.9 Å². The fraction of sp³-hybridized carbons (Fsp3) is 0.111. The number of hydrogen-bond acceptors (Lipinski definition) is 4. The van der Waals surface area contributed by atoms with Crippen LogP contribution in [0.1, 0.15) is 44.7 Å².